The monoisotopic (exact) mass is 196 g/mol. The van der Waals surface area contributed by atoms with Gasteiger partial charge in [0.15, 0.2) is 5.57 Å². The molecule has 0 aromatic rings. The Morgan fingerprint density at radius 1 is 1.79 bits per heavy atom. The van der Waals surface area contributed by atoms with Crippen LogP contribution in [0.3, 0.4) is 0 Å². The van der Waals surface area contributed by atoms with E-state index in [9.17, 15) is 9.90 Å². The van der Waals surface area contributed by atoms with Gasteiger partial charge < -0.3 is 14.7 Å². The van der Waals surface area contributed by atoms with Crippen LogP contribution in [0.5, 0.6) is 0 Å². The molecule has 1 atom stereocenters. The van der Waals surface area contributed by atoms with Gasteiger partial charge in [0, 0.05) is 12.7 Å². The minimum atomic E-state index is -0.650. The van der Waals surface area contributed by atoms with E-state index in [0.29, 0.717) is 18.5 Å². The van der Waals surface area contributed by atoms with Gasteiger partial charge in [0.05, 0.1) is 7.11 Å². The van der Waals surface area contributed by atoms with E-state index >= 15 is 0 Å². The van der Waals surface area contributed by atoms with Gasteiger partial charge >= 0.3 is 5.97 Å². The van der Waals surface area contributed by atoms with Gasteiger partial charge in [-0.05, 0) is 12.8 Å². The second-order valence-corrected chi connectivity index (χ2v) is 3.06. The Morgan fingerprint density at radius 2 is 2.43 bits per heavy atom. The Morgan fingerprint density at radius 3 is 2.79 bits per heavy atom. The van der Waals surface area contributed by atoms with Gasteiger partial charge in [-0.2, -0.15) is 5.26 Å². The molecule has 1 fully saturated rings. The normalized spacial score (nSPS) is 24.4. The summed E-state index contributed by atoms with van der Waals surface area (Å²) in [5.74, 6) is -0.650. The van der Waals surface area contributed by atoms with Gasteiger partial charge in [0.1, 0.15) is 12.3 Å². The number of carbonyl (C=O) groups excluding carboxylic acids is 1. The highest BCUT2D eigenvalue weighted by Gasteiger charge is 2.28. The third-order valence-electron chi connectivity index (χ3n) is 2.30. The third kappa shape index (κ3) is 1.70. The van der Waals surface area contributed by atoms with Crippen molar-refractivity contribution in [1.29, 1.82) is 5.26 Å². The largest absolute Gasteiger partial charge is 0.465 e. The predicted octanol–water partition coefficient (Wildman–Crippen LogP) is -0.0189. The summed E-state index contributed by atoms with van der Waals surface area (Å²) in [7, 11) is 2.87. The smallest absolute Gasteiger partial charge is 0.350 e. The molecule has 1 rings (SSSR count). The molecule has 0 aromatic carbocycles. The number of likely N-dealkylation sites (tertiary alicyclic amines) is 1. The van der Waals surface area contributed by atoms with Crippen molar-refractivity contribution in [1.82, 2.24) is 4.90 Å². The second kappa shape index (κ2) is 4.11. The maximum absolute atomic E-state index is 11.2. The number of esters is 1. The average Bonchev–Trinajstić information content (AvgIpc) is 2.50. The molecule has 1 N–H and O–H groups in total. The molecule has 0 radical (unpaired) electrons. The van der Waals surface area contributed by atoms with Crippen molar-refractivity contribution in [2.45, 2.75) is 19.1 Å². The van der Waals surface area contributed by atoms with Crippen molar-refractivity contribution < 1.29 is 14.6 Å². The number of methoxy groups -OCH3 is 1. The first-order valence-electron chi connectivity index (χ1n) is 4.24. The van der Waals surface area contributed by atoms with Crippen molar-refractivity contribution in [2.24, 2.45) is 0 Å². The van der Waals surface area contributed by atoms with Crippen molar-refractivity contribution in [3.8, 4) is 6.07 Å². The number of nitrogens with zero attached hydrogens (tertiary/aromatic N) is 2. The second-order valence-electron chi connectivity index (χ2n) is 3.06. The van der Waals surface area contributed by atoms with Crippen LogP contribution < -0.4 is 0 Å². The third-order valence-corrected chi connectivity index (χ3v) is 2.30. The Bertz CT molecular complexity index is 317. The topological polar surface area (TPSA) is 73.6 Å². The van der Waals surface area contributed by atoms with Crippen LogP contribution >= 0.6 is 0 Å². The number of rotatable bonds is 1. The molecule has 5 heteroatoms. The first-order chi connectivity index (χ1) is 6.61. The molecule has 1 saturated heterocycles. The molecule has 0 saturated carbocycles. The maximum Gasteiger partial charge on any atom is 0.350 e. The zero-order chi connectivity index (χ0) is 10.7. The van der Waals surface area contributed by atoms with Gasteiger partial charge in [0.2, 0.25) is 0 Å². The first kappa shape index (κ1) is 10.5. The molecule has 14 heavy (non-hydrogen) atoms. The van der Waals surface area contributed by atoms with Crippen molar-refractivity contribution >= 4 is 5.97 Å². The number of ether oxygens (including phenoxy) is 1. The highest BCUT2D eigenvalue weighted by atomic mass is 16.5. The van der Waals surface area contributed by atoms with Crippen molar-refractivity contribution in [2.75, 3.05) is 14.2 Å². The molecule has 0 spiro atoms. The molecule has 0 aromatic heterocycles. The van der Waals surface area contributed by atoms with Crippen LogP contribution in [0.25, 0.3) is 0 Å². The van der Waals surface area contributed by atoms with Gasteiger partial charge in [-0.25, -0.2) is 4.79 Å². The predicted molar refractivity (Wildman–Crippen MR) is 47.7 cm³/mol. The van der Waals surface area contributed by atoms with E-state index in [1.165, 1.54) is 12.0 Å². The summed E-state index contributed by atoms with van der Waals surface area (Å²) >= 11 is 0. The fraction of sp³-hybridized carbons (Fsp3) is 0.556. The lowest BCUT2D eigenvalue weighted by atomic mass is 10.2. The van der Waals surface area contributed by atoms with Crippen LogP contribution in [0.2, 0.25) is 0 Å². The molecular weight excluding hydrogens is 184 g/mol. The molecule has 1 heterocycles. The lowest BCUT2D eigenvalue weighted by molar-refractivity contribution is -0.135. The summed E-state index contributed by atoms with van der Waals surface area (Å²) in [6, 6.07) is 1.80. The molecule has 0 bridgehead atoms. The Hall–Kier alpha value is -1.54. The van der Waals surface area contributed by atoms with Crippen LogP contribution in [-0.2, 0) is 9.53 Å². The minimum Gasteiger partial charge on any atom is -0.465 e. The lowest BCUT2D eigenvalue weighted by Gasteiger charge is -2.18. The fourth-order valence-corrected chi connectivity index (χ4v) is 1.45. The van der Waals surface area contributed by atoms with E-state index in [1.807, 2.05) is 0 Å². The number of nitriles is 1. The number of hydrogen-bond donors (Lipinski definition) is 1. The molecule has 5 nitrogen and oxygen atoms in total. The number of aliphatic hydroxyl groups is 1. The standard InChI is InChI=1S/C9H12N2O3/c1-11-7(3-4-8(11)12)6(5-10)9(13)14-2/h8,12H,3-4H2,1-2H3. The zero-order valence-corrected chi connectivity index (χ0v) is 8.15. The summed E-state index contributed by atoms with van der Waals surface area (Å²) in [5, 5.41) is 18.2. The van der Waals surface area contributed by atoms with Crippen molar-refractivity contribution in [3.05, 3.63) is 11.3 Å². The van der Waals surface area contributed by atoms with Crippen molar-refractivity contribution in [3.63, 3.8) is 0 Å². The fourth-order valence-electron chi connectivity index (χ4n) is 1.45. The number of aliphatic hydroxyl groups excluding tert-OH is 1. The number of allylic oxidation sites excluding steroid dienone is 1. The van der Waals surface area contributed by atoms with Crippen LogP contribution in [0.4, 0.5) is 0 Å². The van der Waals surface area contributed by atoms with E-state index in [2.05, 4.69) is 4.74 Å². The molecular formula is C9H12N2O3. The average molecular weight is 196 g/mol. The Labute approximate surface area is 82.2 Å². The molecule has 1 aliphatic rings. The molecule has 1 aliphatic heterocycles. The van der Waals surface area contributed by atoms with Crippen LogP contribution in [0, 0.1) is 11.3 Å². The summed E-state index contributed by atoms with van der Waals surface area (Å²) < 4.78 is 4.47. The van der Waals surface area contributed by atoms with E-state index in [-0.39, 0.29) is 5.57 Å². The van der Waals surface area contributed by atoms with E-state index in [0.717, 1.165) is 0 Å². The molecule has 1 unspecified atom stereocenters. The van der Waals surface area contributed by atoms with Gasteiger partial charge in [-0.1, -0.05) is 0 Å². The minimum absolute atomic E-state index is 0.0217. The lowest BCUT2D eigenvalue weighted by Crippen LogP contribution is -2.24. The van der Waals surface area contributed by atoms with Crippen LogP contribution in [-0.4, -0.2) is 36.4 Å². The van der Waals surface area contributed by atoms with Gasteiger partial charge in [-0.15, -0.1) is 0 Å². The van der Waals surface area contributed by atoms with Crippen LogP contribution in [0.15, 0.2) is 11.3 Å². The van der Waals surface area contributed by atoms with Crippen LogP contribution in [0.1, 0.15) is 12.8 Å². The quantitative estimate of drug-likeness (QED) is 0.362. The summed E-state index contributed by atoms with van der Waals surface area (Å²) in [4.78, 5) is 12.7. The Kier molecular flexibility index (Phi) is 3.10. The SMILES string of the molecule is COC(=O)C(C#N)=C1CCC(O)N1C. The zero-order valence-electron chi connectivity index (χ0n) is 8.15. The highest BCUT2D eigenvalue weighted by molar-refractivity contribution is 5.93. The van der Waals surface area contributed by atoms with E-state index in [4.69, 9.17) is 5.26 Å². The summed E-state index contributed by atoms with van der Waals surface area (Å²) in [6.07, 6.45) is 0.446. The maximum atomic E-state index is 11.2. The Balaban J connectivity index is 3.02. The van der Waals surface area contributed by atoms with E-state index in [1.54, 1.807) is 13.1 Å². The summed E-state index contributed by atoms with van der Waals surface area (Å²) in [6.45, 7) is 0. The summed E-state index contributed by atoms with van der Waals surface area (Å²) in [5.41, 5.74) is 0.526. The highest BCUT2D eigenvalue weighted by Crippen LogP contribution is 2.26. The van der Waals surface area contributed by atoms with Gasteiger partial charge in [0.25, 0.3) is 0 Å². The van der Waals surface area contributed by atoms with E-state index < -0.39 is 12.2 Å². The van der Waals surface area contributed by atoms with Gasteiger partial charge in [-0.3, -0.25) is 0 Å². The number of carbonyl (C=O) groups is 1. The molecule has 0 aliphatic carbocycles. The molecule has 76 valence electrons. The molecule has 0 amide bonds. The first-order valence-corrected chi connectivity index (χ1v) is 4.24. The number of hydrogen-bond acceptors (Lipinski definition) is 5.